The van der Waals surface area contributed by atoms with Gasteiger partial charge in [0.2, 0.25) is 0 Å². The molecule has 43 heavy (non-hydrogen) atoms. The molecule has 9 aromatic rings. The quantitative estimate of drug-likeness (QED) is 0.218. The van der Waals surface area contributed by atoms with Gasteiger partial charge in [-0.3, -0.25) is 4.98 Å². The Kier molecular flexibility index (Phi) is 5.16. The maximum Gasteiger partial charge on any atom is 0.136 e. The molecule has 4 heteroatoms. The first kappa shape index (κ1) is 23.8. The molecule has 0 radical (unpaired) electrons. The average Bonchev–Trinajstić information content (AvgIpc) is 3.62. The number of furan rings is 2. The van der Waals surface area contributed by atoms with Crippen molar-refractivity contribution in [3.63, 3.8) is 0 Å². The van der Waals surface area contributed by atoms with E-state index in [0.29, 0.717) is 0 Å². The van der Waals surface area contributed by atoms with Crippen LogP contribution in [0.15, 0.2) is 155 Å². The summed E-state index contributed by atoms with van der Waals surface area (Å²) >= 11 is 0. The van der Waals surface area contributed by atoms with Gasteiger partial charge in [-0.2, -0.15) is 0 Å². The van der Waals surface area contributed by atoms with Gasteiger partial charge in [0.05, 0.1) is 5.52 Å². The van der Waals surface area contributed by atoms with E-state index in [0.717, 1.165) is 71.8 Å². The molecular formula is C39H24N2O2. The summed E-state index contributed by atoms with van der Waals surface area (Å²) < 4.78 is 12.5. The maximum absolute atomic E-state index is 6.31. The van der Waals surface area contributed by atoms with Crippen molar-refractivity contribution < 1.29 is 8.83 Å². The van der Waals surface area contributed by atoms with Crippen LogP contribution < -0.4 is 4.90 Å². The third kappa shape index (κ3) is 3.88. The average molecular weight is 553 g/mol. The standard InChI is InChI=1S/C39H24N2O2/c1-2-7-25(8-3-1)26-12-14-28(15-13-26)41(29-16-18-37-32(22-29)31-10-4-5-11-36(31)42-37)30-17-19-38-33(23-30)34-24-35-27(9-6-20-40-35)21-39(34)43-38/h1-24H. The van der Waals surface area contributed by atoms with Gasteiger partial charge in [-0.05, 0) is 83.9 Å². The number of pyridine rings is 1. The molecule has 0 aliphatic heterocycles. The van der Waals surface area contributed by atoms with Gasteiger partial charge in [-0.15, -0.1) is 0 Å². The molecule has 4 nitrogen and oxygen atoms in total. The van der Waals surface area contributed by atoms with Crippen molar-refractivity contribution in [3.8, 4) is 11.1 Å². The lowest BCUT2D eigenvalue weighted by Crippen LogP contribution is -2.09. The lowest BCUT2D eigenvalue weighted by Gasteiger charge is -2.26. The smallest absolute Gasteiger partial charge is 0.136 e. The van der Waals surface area contributed by atoms with Crippen LogP contribution in [-0.2, 0) is 0 Å². The van der Waals surface area contributed by atoms with Gasteiger partial charge in [-0.1, -0.05) is 66.7 Å². The Labute approximate surface area is 247 Å². The van der Waals surface area contributed by atoms with Crippen molar-refractivity contribution in [1.82, 2.24) is 4.98 Å². The number of rotatable bonds is 4. The van der Waals surface area contributed by atoms with Crippen LogP contribution in [0.3, 0.4) is 0 Å². The van der Waals surface area contributed by atoms with Crippen LogP contribution in [0.1, 0.15) is 0 Å². The molecule has 6 aromatic carbocycles. The second-order valence-electron chi connectivity index (χ2n) is 10.9. The highest BCUT2D eigenvalue weighted by atomic mass is 16.3. The zero-order chi connectivity index (χ0) is 28.3. The third-order valence-corrected chi connectivity index (χ3v) is 8.29. The molecule has 0 aliphatic carbocycles. The largest absolute Gasteiger partial charge is 0.456 e. The molecule has 3 heterocycles. The van der Waals surface area contributed by atoms with E-state index in [1.165, 1.54) is 11.1 Å². The lowest BCUT2D eigenvalue weighted by atomic mass is 10.0. The molecule has 0 amide bonds. The van der Waals surface area contributed by atoms with Gasteiger partial charge >= 0.3 is 0 Å². The predicted octanol–water partition coefficient (Wildman–Crippen LogP) is 11.2. The number of hydrogen-bond acceptors (Lipinski definition) is 4. The van der Waals surface area contributed by atoms with Gasteiger partial charge in [0.15, 0.2) is 0 Å². The normalized spacial score (nSPS) is 11.7. The summed E-state index contributed by atoms with van der Waals surface area (Å²) in [7, 11) is 0. The summed E-state index contributed by atoms with van der Waals surface area (Å²) in [6.45, 7) is 0. The Bertz CT molecular complexity index is 2450. The first-order valence-electron chi connectivity index (χ1n) is 14.4. The van der Waals surface area contributed by atoms with Gasteiger partial charge < -0.3 is 13.7 Å². The molecule has 0 bridgehead atoms. The molecule has 0 spiro atoms. The van der Waals surface area contributed by atoms with Crippen molar-refractivity contribution in [1.29, 1.82) is 0 Å². The molecule has 3 aromatic heterocycles. The highest BCUT2D eigenvalue weighted by Gasteiger charge is 2.18. The van der Waals surface area contributed by atoms with Crippen LogP contribution in [0.4, 0.5) is 17.1 Å². The highest BCUT2D eigenvalue weighted by Crippen LogP contribution is 2.41. The number of fused-ring (bicyclic) bond motifs is 7. The Hall–Kier alpha value is -5.87. The van der Waals surface area contributed by atoms with E-state index in [-0.39, 0.29) is 0 Å². The highest BCUT2D eigenvalue weighted by molar-refractivity contribution is 6.11. The van der Waals surface area contributed by atoms with Crippen molar-refractivity contribution in [3.05, 3.63) is 146 Å². The molecule has 202 valence electrons. The molecule has 9 rings (SSSR count). The molecule has 0 N–H and O–H groups in total. The summed E-state index contributed by atoms with van der Waals surface area (Å²) in [5.41, 5.74) is 9.94. The zero-order valence-corrected chi connectivity index (χ0v) is 23.1. The lowest BCUT2D eigenvalue weighted by molar-refractivity contribution is 0.669. The SMILES string of the molecule is c1ccc(-c2ccc(N(c3ccc4oc5ccccc5c4c3)c3ccc4oc5cc6cccnc6cc5c4c3)cc2)cc1. The fraction of sp³-hybridized carbons (Fsp3) is 0. The van der Waals surface area contributed by atoms with E-state index in [9.17, 15) is 0 Å². The number of hydrogen-bond donors (Lipinski definition) is 0. The Morgan fingerprint density at radius 3 is 1.81 bits per heavy atom. The molecule has 0 unspecified atom stereocenters. The molecule has 0 fully saturated rings. The summed E-state index contributed by atoms with van der Waals surface area (Å²) in [4.78, 5) is 6.89. The molecule has 0 saturated carbocycles. The minimum absolute atomic E-state index is 0.852. The maximum atomic E-state index is 6.31. The predicted molar refractivity (Wildman–Crippen MR) is 176 cm³/mol. The van der Waals surface area contributed by atoms with Crippen LogP contribution >= 0.6 is 0 Å². The summed E-state index contributed by atoms with van der Waals surface area (Å²) in [5, 5.41) is 5.37. The fourth-order valence-electron chi connectivity index (χ4n) is 6.20. The van der Waals surface area contributed by atoms with Crippen LogP contribution in [0, 0.1) is 0 Å². The molecular weight excluding hydrogens is 528 g/mol. The van der Waals surface area contributed by atoms with Crippen LogP contribution in [0.5, 0.6) is 0 Å². The topological polar surface area (TPSA) is 42.4 Å². The van der Waals surface area contributed by atoms with Crippen LogP contribution in [-0.4, -0.2) is 4.98 Å². The minimum Gasteiger partial charge on any atom is -0.456 e. The van der Waals surface area contributed by atoms with Crippen molar-refractivity contribution in [2.75, 3.05) is 4.90 Å². The summed E-state index contributed by atoms with van der Waals surface area (Å²) in [5.74, 6) is 0. The van der Waals surface area contributed by atoms with Crippen molar-refractivity contribution >= 4 is 71.8 Å². The number of nitrogens with zero attached hydrogens (tertiary/aromatic N) is 2. The number of anilines is 3. The zero-order valence-electron chi connectivity index (χ0n) is 23.1. The molecule has 0 atom stereocenters. The van der Waals surface area contributed by atoms with E-state index >= 15 is 0 Å². The molecule has 0 aliphatic rings. The van der Waals surface area contributed by atoms with Gasteiger partial charge in [0.1, 0.15) is 22.3 Å². The number of benzene rings is 6. The van der Waals surface area contributed by atoms with Gasteiger partial charge in [0, 0.05) is 50.2 Å². The monoisotopic (exact) mass is 552 g/mol. The van der Waals surface area contributed by atoms with Crippen molar-refractivity contribution in [2.24, 2.45) is 0 Å². The third-order valence-electron chi connectivity index (χ3n) is 8.29. The summed E-state index contributed by atoms with van der Waals surface area (Å²) in [6.07, 6.45) is 1.83. The Balaban J connectivity index is 1.25. The number of aromatic nitrogens is 1. The number of para-hydroxylation sites is 1. The van der Waals surface area contributed by atoms with E-state index in [1.807, 2.05) is 30.5 Å². The van der Waals surface area contributed by atoms with Crippen LogP contribution in [0.2, 0.25) is 0 Å². The second kappa shape index (κ2) is 9.33. The van der Waals surface area contributed by atoms with Gasteiger partial charge in [-0.25, -0.2) is 0 Å². The van der Waals surface area contributed by atoms with E-state index in [4.69, 9.17) is 8.83 Å². The fourth-order valence-corrected chi connectivity index (χ4v) is 6.20. The first-order chi connectivity index (χ1) is 21.3. The van der Waals surface area contributed by atoms with E-state index in [2.05, 4.69) is 125 Å². The van der Waals surface area contributed by atoms with Crippen molar-refractivity contribution in [2.45, 2.75) is 0 Å². The Morgan fingerprint density at radius 2 is 1.02 bits per heavy atom. The minimum atomic E-state index is 0.852. The van der Waals surface area contributed by atoms with E-state index < -0.39 is 0 Å². The van der Waals surface area contributed by atoms with Crippen LogP contribution in [0.25, 0.3) is 65.9 Å². The Morgan fingerprint density at radius 1 is 0.419 bits per heavy atom. The molecule has 0 saturated heterocycles. The van der Waals surface area contributed by atoms with E-state index in [1.54, 1.807) is 0 Å². The first-order valence-corrected chi connectivity index (χ1v) is 14.4. The van der Waals surface area contributed by atoms with Gasteiger partial charge in [0.25, 0.3) is 0 Å². The second-order valence-corrected chi connectivity index (χ2v) is 10.9. The summed E-state index contributed by atoms with van der Waals surface area (Å²) in [6, 6.07) is 48.5.